The Morgan fingerprint density at radius 3 is 2.45 bits per heavy atom. The zero-order valence-electron chi connectivity index (χ0n) is 16.4. The molecule has 168 valence electrons. The van der Waals surface area contributed by atoms with Crippen LogP contribution >= 0.6 is 11.6 Å². The van der Waals surface area contributed by atoms with Gasteiger partial charge in [-0.05, 0) is 47.7 Å². The Labute approximate surface area is 182 Å². The van der Waals surface area contributed by atoms with Crippen LogP contribution in [0.15, 0.2) is 42.5 Å². The lowest BCUT2D eigenvalue weighted by molar-refractivity contribution is -0.188. The highest BCUT2D eigenvalue weighted by Gasteiger charge is 2.65. The summed E-state index contributed by atoms with van der Waals surface area (Å²) >= 11 is 6.37. The van der Waals surface area contributed by atoms with E-state index in [-0.39, 0.29) is 18.8 Å². The molecule has 2 aromatic carbocycles. The lowest BCUT2D eigenvalue weighted by Gasteiger charge is -2.46. The van der Waals surface area contributed by atoms with Crippen molar-refractivity contribution in [1.29, 1.82) is 0 Å². The fourth-order valence-corrected chi connectivity index (χ4v) is 4.81. The lowest BCUT2D eigenvalue weighted by atomic mass is 9.64. The number of hydrogen-bond donors (Lipinski definition) is 4. The molecule has 0 spiro atoms. The molecule has 31 heavy (non-hydrogen) atoms. The van der Waals surface area contributed by atoms with E-state index in [0.29, 0.717) is 22.6 Å². The summed E-state index contributed by atoms with van der Waals surface area (Å²) in [6.07, 6.45) is -3.68. The lowest BCUT2D eigenvalue weighted by Crippen LogP contribution is -2.60. The van der Waals surface area contributed by atoms with Crippen molar-refractivity contribution < 1.29 is 38.7 Å². The summed E-state index contributed by atoms with van der Waals surface area (Å²) in [5.74, 6) is 0.0510. The molecule has 2 fully saturated rings. The van der Waals surface area contributed by atoms with E-state index >= 15 is 0 Å². The first-order chi connectivity index (χ1) is 14.7. The third-order valence-corrected chi connectivity index (χ3v) is 6.75. The van der Waals surface area contributed by atoms with E-state index in [0.717, 1.165) is 5.56 Å². The Morgan fingerprint density at radius 1 is 1.10 bits per heavy atom. The van der Waals surface area contributed by atoms with Crippen LogP contribution in [-0.4, -0.2) is 58.6 Å². The van der Waals surface area contributed by atoms with Crippen molar-refractivity contribution in [3.8, 4) is 5.75 Å². The summed E-state index contributed by atoms with van der Waals surface area (Å²) in [6.45, 7) is -3.31. The highest BCUT2D eigenvalue weighted by molar-refractivity contribution is 6.31. The number of halogens is 3. The van der Waals surface area contributed by atoms with Gasteiger partial charge in [0.2, 0.25) is 0 Å². The van der Waals surface area contributed by atoms with Crippen LogP contribution in [0.4, 0.5) is 8.78 Å². The smallest absolute Gasteiger partial charge is 0.387 e. The molecule has 0 aromatic heterocycles. The van der Waals surface area contributed by atoms with Crippen molar-refractivity contribution in [3.63, 3.8) is 0 Å². The van der Waals surface area contributed by atoms with Gasteiger partial charge in [-0.2, -0.15) is 8.78 Å². The van der Waals surface area contributed by atoms with E-state index in [9.17, 15) is 29.2 Å². The first kappa shape index (κ1) is 22.4. The average Bonchev–Trinajstić information content (AvgIpc) is 3.14. The Kier molecular flexibility index (Phi) is 5.97. The molecular formula is C22H23ClF2O6. The van der Waals surface area contributed by atoms with Crippen molar-refractivity contribution in [2.75, 3.05) is 13.2 Å². The molecule has 1 saturated heterocycles. The molecule has 0 unspecified atom stereocenters. The van der Waals surface area contributed by atoms with E-state index < -0.39 is 42.5 Å². The van der Waals surface area contributed by atoms with Crippen LogP contribution in [0, 0.1) is 5.41 Å². The molecule has 1 aliphatic carbocycles. The van der Waals surface area contributed by atoms with Gasteiger partial charge in [-0.25, -0.2) is 0 Å². The predicted molar refractivity (Wildman–Crippen MR) is 107 cm³/mol. The van der Waals surface area contributed by atoms with Crippen molar-refractivity contribution >= 4 is 11.6 Å². The molecule has 0 radical (unpaired) electrons. The number of hydrogen-bond acceptors (Lipinski definition) is 6. The summed E-state index contributed by atoms with van der Waals surface area (Å²) in [4.78, 5) is 0. The van der Waals surface area contributed by atoms with E-state index in [4.69, 9.17) is 16.3 Å². The molecule has 2 aliphatic rings. The molecule has 6 nitrogen and oxygen atoms in total. The summed E-state index contributed by atoms with van der Waals surface area (Å²) in [5, 5.41) is 41.9. The Morgan fingerprint density at radius 2 is 1.81 bits per heavy atom. The van der Waals surface area contributed by atoms with Crippen LogP contribution in [0.1, 0.15) is 23.1 Å². The van der Waals surface area contributed by atoms with Crippen LogP contribution in [0.5, 0.6) is 5.75 Å². The van der Waals surface area contributed by atoms with E-state index in [1.54, 1.807) is 30.3 Å². The molecule has 1 aliphatic heterocycles. The second-order valence-corrected chi connectivity index (χ2v) is 8.67. The largest absolute Gasteiger partial charge is 0.435 e. The highest BCUT2D eigenvalue weighted by Crippen LogP contribution is 2.55. The van der Waals surface area contributed by atoms with Crippen LogP contribution in [0.25, 0.3) is 0 Å². The zero-order valence-corrected chi connectivity index (χ0v) is 17.2. The van der Waals surface area contributed by atoms with Gasteiger partial charge in [-0.3, -0.25) is 0 Å². The van der Waals surface area contributed by atoms with Crippen LogP contribution in [-0.2, 0) is 16.8 Å². The molecule has 0 amide bonds. The predicted octanol–water partition coefficient (Wildman–Crippen LogP) is 2.22. The van der Waals surface area contributed by atoms with Crippen LogP contribution < -0.4 is 4.74 Å². The number of rotatable bonds is 6. The fourth-order valence-electron chi connectivity index (χ4n) is 4.62. The van der Waals surface area contributed by atoms with E-state index in [1.165, 1.54) is 12.1 Å². The van der Waals surface area contributed by atoms with Gasteiger partial charge < -0.3 is 29.9 Å². The highest BCUT2D eigenvalue weighted by atomic mass is 35.5. The molecule has 4 rings (SSSR count). The van der Waals surface area contributed by atoms with Crippen molar-refractivity contribution in [3.05, 3.63) is 64.2 Å². The first-order valence-corrected chi connectivity index (χ1v) is 10.2. The van der Waals surface area contributed by atoms with Crippen LogP contribution in [0.3, 0.4) is 0 Å². The third kappa shape index (κ3) is 3.82. The zero-order chi connectivity index (χ0) is 22.4. The maximum absolute atomic E-state index is 12.3. The standard InChI is InChI=1S/C22H23ClF2O6/c23-16-6-3-14(8-13(16)7-12-1-4-15(5-2-12)31-20(24)25)22-9-21(10-26,11-30-22)18(28)17(27)19(22)29/h1-6,8,17-20,26-29H,7,9-11H2/t17-,18+,19+,21-,22-/m0/s1. The molecule has 9 heteroatoms. The maximum atomic E-state index is 12.3. The van der Waals surface area contributed by atoms with Gasteiger partial charge >= 0.3 is 6.61 Å². The Hall–Kier alpha value is -1.81. The SMILES string of the molecule is OC[C@]12CO[C@](c3ccc(Cl)c(Cc4ccc(OC(F)F)cc4)c3)(C1)[C@H](O)[C@@H](O)[C@H]2O. The monoisotopic (exact) mass is 456 g/mol. The summed E-state index contributed by atoms with van der Waals surface area (Å²) in [5.41, 5.74) is -0.295. The first-order valence-electron chi connectivity index (χ1n) is 9.82. The number of benzene rings is 2. The van der Waals surface area contributed by atoms with Gasteiger partial charge in [-0.15, -0.1) is 0 Å². The fraction of sp³-hybridized carbons (Fsp3) is 0.455. The minimum atomic E-state index is -2.90. The maximum Gasteiger partial charge on any atom is 0.387 e. The van der Waals surface area contributed by atoms with Gasteiger partial charge in [0.05, 0.1) is 19.3 Å². The summed E-state index contributed by atoms with van der Waals surface area (Å²) in [7, 11) is 0. The van der Waals surface area contributed by atoms with Gasteiger partial charge in [0, 0.05) is 10.4 Å². The normalized spacial score (nSPS) is 32.5. The van der Waals surface area contributed by atoms with Gasteiger partial charge in [0.15, 0.2) is 0 Å². The quantitative estimate of drug-likeness (QED) is 0.532. The average molecular weight is 457 g/mol. The number of aliphatic hydroxyl groups excluding tert-OH is 4. The molecule has 2 bridgehead atoms. The van der Waals surface area contributed by atoms with Gasteiger partial charge in [0.1, 0.15) is 23.6 Å². The Balaban J connectivity index is 1.64. The van der Waals surface area contributed by atoms with Gasteiger partial charge in [-0.1, -0.05) is 35.9 Å². The second-order valence-electron chi connectivity index (χ2n) is 8.26. The van der Waals surface area contributed by atoms with Gasteiger partial charge in [0.25, 0.3) is 0 Å². The topological polar surface area (TPSA) is 99.4 Å². The van der Waals surface area contributed by atoms with Crippen molar-refractivity contribution in [1.82, 2.24) is 0 Å². The number of alkyl halides is 2. The molecule has 2 aromatic rings. The summed E-state index contributed by atoms with van der Waals surface area (Å²) < 4.78 is 35.0. The van der Waals surface area contributed by atoms with Crippen molar-refractivity contribution in [2.45, 2.75) is 43.4 Å². The van der Waals surface area contributed by atoms with Crippen molar-refractivity contribution in [2.24, 2.45) is 5.41 Å². The molecular weight excluding hydrogens is 434 g/mol. The van der Waals surface area contributed by atoms with Crippen LogP contribution in [0.2, 0.25) is 5.02 Å². The third-order valence-electron chi connectivity index (χ3n) is 6.38. The van der Waals surface area contributed by atoms with E-state index in [1.807, 2.05) is 0 Å². The molecule has 5 atom stereocenters. The minimum Gasteiger partial charge on any atom is -0.435 e. The number of ether oxygens (including phenoxy) is 2. The van der Waals surface area contributed by atoms with E-state index in [2.05, 4.69) is 4.74 Å². The number of fused-ring (bicyclic) bond motifs is 2. The minimum absolute atomic E-state index is 0.0116. The second kappa shape index (κ2) is 8.27. The number of aliphatic hydroxyl groups is 4. The molecule has 1 heterocycles. The molecule has 4 N–H and O–H groups in total. The Bertz CT molecular complexity index is 942. The molecule has 1 saturated carbocycles. The summed E-state index contributed by atoms with van der Waals surface area (Å²) in [6, 6.07) is 11.3.